The molecule has 5 heteroatoms. The zero-order valence-electron chi connectivity index (χ0n) is 15.3. The van der Waals surface area contributed by atoms with Crippen molar-refractivity contribution in [2.45, 2.75) is 70.4 Å². The SMILES string of the molecule is CC[C@H](C)NC(=O)c1cccc(CNC2CCC3(CC2)OCCO3)c1. The first-order chi connectivity index (χ1) is 12.1. The van der Waals surface area contributed by atoms with Crippen molar-refractivity contribution in [1.82, 2.24) is 10.6 Å². The van der Waals surface area contributed by atoms with Crippen LogP contribution in [0.15, 0.2) is 24.3 Å². The molecule has 1 atom stereocenters. The van der Waals surface area contributed by atoms with Gasteiger partial charge in [0.25, 0.3) is 5.91 Å². The monoisotopic (exact) mass is 346 g/mol. The zero-order valence-corrected chi connectivity index (χ0v) is 15.3. The maximum Gasteiger partial charge on any atom is 0.251 e. The molecule has 1 amide bonds. The summed E-state index contributed by atoms with van der Waals surface area (Å²) in [5.74, 6) is -0.294. The summed E-state index contributed by atoms with van der Waals surface area (Å²) < 4.78 is 11.6. The van der Waals surface area contributed by atoms with Crippen LogP contribution in [0.5, 0.6) is 0 Å². The van der Waals surface area contributed by atoms with E-state index in [0.717, 1.165) is 63.0 Å². The zero-order chi connectivity index (χ0) is 17.7. The van der Waals surface area contributed by atoms with E-state index in [4.69, 9.17) is 9.47 Å². The Bertz CT molecular complexity index is 574. The number of nitrogens with one attached hydrogen (secondary N) is 2. The van der Waals surface area contributed by atoms with E-state index in [1.165, 1.54) is 0 Å². The highest BCUT2D eigenvalue weighted by molar-refractivity contribution is 5.94. The van der Waals surface area contributed by atoms with Crippen molar-refractivity contribution < 1.29 is 14.3 Å². The van der Waals surface area contributed by atoms with Crippen LogP contribution in [0.2, 0.25) is 0 Å². The van der Waals surface area contributed by atoms with Gasteiger partial charge in [-0.3, -0.25) is 4.79 Å². The summed E-state index contributed by atoms with van der Waals surface area (Å²) in [6.07, 6.45) is 4.98. The lowest BCUT2D eigenvalue weighted by molar-refractivity contribution is -0.179. The van der Waals surface area contributed by atoms with Gasteiger partial charge in [-0.1, -0.05) is 19.1 Å². The van der Waals surface area contributed by atoms with Crippen LogP contribution < -0.4 is 10.6 Å². The first kappa shape index (κ1) is 18.4. The van der Waals surface area contributed by atoms with Crippen LogP contribution in [-0.2, 0) is 16.0 Å². The Labute approximate surface area is 150 Å². The highest BCUT2D eigenvalue weighted by atomic mass is 16.7. The molecule has 1 aromatic rings. The molecular formula is C20H30N2O3. The highest BCUT2D eigenvalue weighted by Crippen LogP contribution is 2.35. The Morgan fingerprint density at radius 3 is 2.68 bits per heavy atom. The third-order valence-electron chi connectivity index (χ3n) is 5.33. The fourth-order valence-electron chi connectivity index (χ4n) is 3.54. The number of hydrogen-bond donors (Lipinski definition) is 2. The number of hydrogen-bond acceptors (Lipinski definition) is 4. The summed E-state index contributed by atoms with van der Waals surface area (Å²) in [6, 6.07) is 8.57. The van der Waals surface area contributed by atoms with Crippen molar-refractivity contribution in [3.05, 3.63) is 35.4 Å². The number of benzene rings is 1. The smallest absolute Gasteiger partial charge is 0.251 e. The van der Waals surface area contributed by atoms with Gasteiger partial charge in [0.05, 0.1) is 13.2 Å². The lowest BCUT2D eigenvalue weighted by Crippen LogP contribution is -2.41. The lowest BCUT2D eigenvalue weighted by Gasteiger charge is -2.35. The molecule has 1 aliphatic heterocycles. The van der Waals surface area contributed by atoms with Crippen LogP contribution in [0.1, 0.15) is 61.9 Å². The average Bonchev–Trinajstić information content (AvgIpc) is 3.09. The van der Waals surface area contributed by atoms with Crippen LogP contribution in [-0.4, -0.2) is 37.0 Å². The molecule has 1 aromatic carbocycles. The molecule has 1 aliphatic carbocycles. The number of carbonyl (C=O) groups excluding carboxylic acids is 1. The van der Waals surface area contributed by atoms with E-state index in [-0.39, 0.29) is 17.7 Å². The van der Waals surface area contributed by atoms with E-state index in [1.54, 1.807) is 0 Å². The first-order valence-electron chi connectivity index (χ1n) is 9.51. The van der Waals surface area contributed by atoms with Crippen LogP contribution in [0.25, 0.3) is 0 Å². The summed E-state index contributed by atoms with van der Waals surface area (Å²) in [6.45, 7) is 6.33. The largest absolute Gasteiger partial charge is 0.350 e. The van der Waals surface area contributed by atoms with Gasteiger partial charge in [-0.15, -0.1) is 0 Å². The van der Waals surface area contributed by atoms with E-state index in [1.807, 2.05) is 25.1 Å². The predicted octanol–water partition coefficient (Wildman–Crippen LogP) is 2.99. The average molecular weight is 346 g/mol. The fraction of sp³-hybridized carbons (Fsp3) is 0.650. The van der Waals surface area contributed by atoms with Gasteiger partial charge in [0.1, 0.15) is 0 Å². The molecule has 0 unspecified atom stereocenters. The van der Waals surface area contributed by atoms with E-state index in [0.29, 0.717) is 6.04 Å². The summed E-state index contributed by atoms with van der Waals surface area (Å²) in [5.41, 5.74) is 1.88. The van der Waals surface area contributed by atoms with Gasteiger partial charge < -0.3 is 20.1 Å². The molecule has 138 valence electrons. The molecule has 2 aliphatic rings. The molecule has 1 heterocycles. The second kappa shape index (κ2) is 8.30. The van der Waals surface area contributed by atoms with Crippen molar-refractivity contribution in [3.63, 3.8) is 0 Å². The molecule has 1 spiro atoms. The van der Waals surface area contributed by atoms with Crippen LogP contribution in [0, 0.1) is 0 Å². The molecule has 2 N–H and O–H groups in total. The highest BCUT2D eigenvalue weighted by Gasteiger charge is 2.40. The quantitative estimate of drug-likeness (QED) is 0.831. The Morgan fingerprint density at radius 1 is 1.28 bits per heavy atom. The maximum atomic E-state index is 12.3. The van der Waals surface area contributed by atoms with Crippen molar-refractivity contribution in [1.29, 1.82) is 0 Å². The number of carbonyl (C=O) groups is 1. The van der Waals surface area contributed by atoms with Gasteiger partial charge >= 0.3 is 0 Å². The molecule has 1 saturated heterocycles. The van der Waals surface area contributed by atoms with Crippen LogP contribution in [0.3, 0.4) is 0 Å². The van der Waals surface area contributed by atoms with E-state index < -0.39 is 0 Å². The molecule has 0 radical (unpaired) electrons. The number of ether oxygens (including phenoxy) is 2. The molecule has 0 aromatic heterocycles. The predicted molar refractivity (Wildman–Crippen MR) is 97.4 cm³/mol. The third kappa shape index (κ3) is 4.81. The van der Waals surface area contributed by atoms with E-state index in [2.05, 4.69) is 23.6 Å². The van der Waals surface area contributed by atoms with E-state index >= 15 is 0 Å². The van der Waals surface area contributed by atoms with Gasteiger partial charge in [0.15, 0.2) is 5.79 Å². The minimum Gasteiger partial charge on any atom is -0.350 e. The van der Waals surface area contributed by atoms with Gasteiger partial charge in [0.2, 0.25) is 0 Å². The normalized spacial score (nSPS) is 21.4. The molecule has 3 rings (SSSR count). The Hall–Kier alpha value is -1.43. The van der Waals surface area contributed by atoms with Gasteiger partial charge in [-0.25, -0.2) is 0 Å². The molecule has 0 bridgehead atoms. The molecule has 25 heavy (non-hydrogen) atoms. The maximum absolute atomic E-state index is 12.3. The topological polar surface area (TPSA) is 59.6 Å². The van der Waals surface area contributed by atoms with Gasteiger partial charge in [0, 0.05) is 37.0 Å². The molecule has 5 nitrogen and oxygen atoms in total. The summed E-state index contributed by atoms with van der Waals surface area (Å²) >= 11 is 0. The second-order valence-corrected chi connectivity index (χ2v) is 7.25. The second-order valence-electron chi connectivity index (χ2n) is 7.25. The van der Waals surface area contributed by atoms with Crippen molar-refractivity contribution in [3.8, 4) is 0 Å². The third-order valence-corrected chi connectivity index (χ3v) is 5.33. The van der Waals surface area contributed by atoms with Gasteiger partial charge in [-0.2, -0.15) is 0 Å². The van der Waals surface area contributed by atoms with Crippen molar-refractivity contribution in [2.75, 3.05) is 13.2 Å². The summed E-state index contributed by atoms with van der Waals surface area (Å²) in [5, 5.41) is 6.64. The summed E-state index contributed by atoms with van der Waals surface area (Å²) in [4.78, 5) is 12.3. The van der Waals surface area contributed by atoms with Crippen LogP contribution in [0.4, 0.5) is 0 Å². The number of rotatable bonds is 6. The minimum atomic E-state index is -0.299. The van der Waals surface area contributed by atoms with E-state index in [9.17, 15) is 4.79 Å². The first-order valence-corrected chi connectivity index (χ1v) is 9.51. The molecule has 2 fully saturated rings. The Balaban J connectivity index is 1.49. The lowest BCUT2D eigenvalue weighted by atomic mass is 9.90. The van der Waals surface area contributed by atoms with Crippen molar-refractivity contribution in [2.24, 2.45) is 0 Å². The Kier molecular flexibility index (Phi) is 6.10. The molecule has 1 saturated carbocycles. The van der Waals surface area contributed by atoms with Gasteiger partial charge in [-0.05, 0) is 43.9 Å². The van der Waals surface area contributed by atoms with Crippen molar-refractivity contribution >= 4 is 5.91 Å². The fourth-order valence-corrected chi connectivity index (χ4v) is 3.54. The number of amides is 1. The van der Waals surface area contributed by atoms with Crippen LogP contribution >= 0.6 is 0 Å². The summed E-state index contributed by atoms with van der Waals surface area (Å²) in [7, 11) is 0. The minimum absolute atomic E-state index is 0.00587. The molecular weight excluding hydrogens is 316 g/mol. The Morgan fingerprint density at radius 2 is 2.00 bits per heavy atom. The standard InChI is InChI=1S/C20H30N2O3/c1-3-15(2)22-19(23)17-6-4-5-16(13-17)14-21-18-7-9-20(10-8-18)24-11-12-25-20/h4-6,13,15,18,21H,3,7-12,14H2,1-2H3,(H,22,23)/t15-/m0/s1.